The number of anilines is 2. The van der Waals surface area contributed by atoms with Crippen LogP contribution in [0.2, 0.25) is 0 Å². The predicted molar refractivity (Wildman–Crippen MR) is 83.0 cm³/mol. The van der Waals surface area contributed by atoms with Gasteiger partial charge in [-0.2, -0.15) is 8.42 Å². The molecule has 0 spiro atoms. The number of benzene rings is 2. The zero-order chi connectivity index (χ0) is 15.5. The summed E-state index contributed by atoms with van der Waals surface area (Å²) < 4.78 is 37.4. The van der Waals surface area contributed by atoms with Gasteiger partial charge in [-0.3, -0.25) is 9.35 Å². The second-order valence-corrected chi connectivity index (χ2v) is 6.37. The molecule has 0 atom stereocenters. The quantitative estimate of drug-likeness (QED) is 0.603. The van der Waals surface area contributed by atoms with Gasteiger partial charge in [0.1, 0.15) is 0 Å². The summed E-state index contributed by atoms with van der Waals surface area (Å²) in [6.45, 7) is 0.254. The Morgan fingerprint density at radius 2 is 1.96 bits per heavy atom. The normalized spacial score (nSPS) is 14.8. The van der Waals surface area contributed by atoms with E-state index in [1.165, 1.54) is 18.2 Å². The van der Waals surface area contributed by atoms with E-state index in [0.29, 0.717) is 28.4 Å². The van der Waals surface area contributed by atoms with Gasteiger partial charge < -0.3 is 15.0 Å². The molecular formula is C14H10N2NaO5S. The second kappa shape index (κ2) is 5.50. The Morgan fingerprint density at radius 1 is 1.17 bits per heavy atom. The minimum absolute atomic E-state index is 0. The number of amides is 1. The molecule has 7 nitrogen and oxygen atoms in total. The van der Waals surface area contributed by atoms with Crippen LogP contribution in [-0.4, -0.2) is 55.1 Å². The number of rotatable bonds is 1. The van der Waals surface area contributed by atoms with Crippen LogP contribution in [-0.2, 0) is 10.1 Å². The van der Waals surface area contributed by atoms with Crippen LogP contribution in [0.5, 0.6) is 11.5 Å². The van der Waals surface area contributed by atoms with E-state index in [1.54, 1.807) is 18.2 Å². The number of carbonyl (C=O) groups excluding carboxylic acids is 1. The van der Waals surface area contributed by atoms with Gasteiger partial charge in [-0.1, -0.05) is 6.07 Å². The van der Waals surface area contributed by atoms with Gasteiger partial charge in [-0.05, 0) is 24.3 Å². The number of nitrogens with one attached hydrogen (secondary N) is 1. The number of fused-ring (bicyclic) bond motifs is 2. The molecule has 23 heavy (non-hydrogen) atoms. The molecule has 113 valence electrons. The molecule has 9 heteroatoms. The van der Waals surface area contributed by atoms with Gasteiger partial charge in [0.25, 0.3) is 16.0 Å². The Morgan fingerprint density at radius 3 is 2.70 bits per heavy atom. The number of hydrogen-bond donors (Lipinski definition) is 2. The molecule has 2 aromatic carbocycles. The number of hydrogen-bond acceptors (Lipinski definition) is 5. The van der Waals surface area contributed by atoms with E-state index in [-0.39, 0.29) is 47.0 Å². The first-order valence-electron chi connectivity index (χ1n) is 6.43. The van der Waals surface area contributed by atoms with E-state index >= 15 is 0 Å². The summed E-state index contributed by atoms with van der Waals surface area (Å²) in [5.74, 6) is 0.581. The zero-order valence-corrected chi connectivity index (χ0v) is 14.9. The van der Waals surface area contributed by atoms with Crippen LogP contribution in [0.4, 0.5) is 11.4 Å². The van der Waals surface area contributed by atoms with Crippen molar-refractivity contribution in [2.75, 3.05) is 11.6 Å². The maximum absolute atomic E-state index is 11.9. The molecule has 0 saturated heterocycles. The molecule has 0 fully saturated rings. The number of ether oxygens (including phenoxy) is 1. The van der Waals surface area contributed by atoms with Crippen LogP contribution >= 0.6 is 0 Å². The second-order valence-electron chi connectivity index (χ2n) is 4.95. The summed E-state index contributed by atoms with van der Waals surface area (Å²) in [4.78, 5) is 13.5. The average molecular weight is 341 g/mol. The summed E-state index contributed by atoms with van der Waals surface area (Å²) >= 11 is 0. The maximum atomic E-state index is 11.9. The van der Waals surface area contributed by atoms with Crippen LogP contribution in [0.15, 0.2) is 41.3 Å². The van der Waals surface area contributed by atoms with Gasteiger partial charge in [0.05, 0.1) is 28.5 Å². The van der Waals surface area contributed by atoms with Crippen LogP contribution in [0.25, 0.3) is 0 Å². The number of carbonyl (C=O) groups is 1. The Bertz CT molecular complexity index is 929. The first kappa shape index (κ1) is 16.3. The minimum Gasteiger partial charge on any atom is -0.453 e. The van der Waals surface area contributed by atoms with Crippen LogP contribution in [0.3, 0.4) is 0 Å². The monoisotopic (exact) mass is 341 g/mol. The van der Waals surface area contributed by atoms with Crippen molar-refractivity contribution >= 4 is 57.0 Å². The van der Waals surface area contributed by atoms with Crippen molar-refractivity contribution in [1.29, 1.82) is 0 Å². The molecule has 2 aliphatic rings. The standard InChI is InChI=1S/C14H10N2O5S.Na/c17-14-9-2-1-3-11-13(9)16(7-15-14)10-5-4-8(22(18,19)20)6-12(10)21-11;/h1-6H,7H2,(H,15,17)(H,18,19,20);. The van der Waals surface area contributed by atoms with Gasteiger partial charge in [-0.15, -0.1) is 0 Å². The summed E-state index contributed by atoms with van der Waals surface area (Å²) in [6, 6.07) is 9.18. The molecule has 4 rings (SSSR count). The fraction of sp³-hybridized carbons (Fsp3) is 0.0714. The van der Waals surface area contributed by atoms with Crippen molar-refractivity contribution in [2.45, 2.75) is 4.90 Å². The topological polar surface area (TPSA) is 95.9 Å². The van der Waals surface area contributed by atoms with E-state index in [0.717, 1.165) is 0 Å². The SMILES string of the molecule is O=C1NCN2c3ccc(S(=O)(=O)O)cc3Oc3cccc1c32.[Na]. The van der Waals surface area contributed by atoms with Crippen LogP contribution in [0, 0.1) is 0 Å². The van der Waals surface area contributed by atoms with Crippen LogP contribution in [0.1, 0.15) is 10.4 Å². The molecule has 2 aromatic rings. The average Bonchev–Trinajstić information content (AvgIpc) is 2.48. The molecular weight excluding hydrogens is 331 g/mol. The summed E-state index contributed by atoms with van der Waals surface area (Å²) in [5, 5.41) is 2.75. The van der Waals surface area contributed by atoms with Gasteiger partial charge in [0.2, 0.25) is 0 Å². The smallest absolute Gasteiger partial charge is 0.294 e. The largest absolute Gasteiger partial charge is 0.453 e. The molecule has 0 saturated carbocycles. The first-order chi connectivity index (χ1) is 10.4. The fourth-order valence-electron chi connectivity index (χ4n) is 2.68. The van der Waals surface area contributed by atoms with Crippen molar-refractivity contribution in [3.63, 3.8) is 0 Å². The zero-order valence-electron chi connectivity index (χ0n) is 12.1. The van der Waals surface area contributed by atoms with Crippen molar-refractivity contribution < 1.29 is 22.5 Å². The van der Waals surface area contributed by atoms with E-state index in [2.05, 4.69) is 5.32 Å². The molecule has 0 aromatic heterocycles. The van der Waals surface area contributed by atoms with E-state index in [9.17, 15) is 13.2 Å². The number of para-hydroxylation sites is 1. The van der Waals surface area contributed by atoms with Gasteiger partial charge in [0.15, 0.2) is 11.5 Å². The minimum atomic E-state index is -4.31. The molecule has 1 amide bonds. The number of nitrogens with zero attached hydrogens (tertiary/aromatic N) is 1. The Hall–Kier alpha value is -1.58. The third-order valence-corrected chi connectivity index (χ3v) is 4.50. The van der Waals surface area contributed by atoms with Crippen molar-refractivity contribution in [2.24, 2.45) is 0 Å². The van der Waals surface area contributed by atoms with E-state index in [4.69, 9.17) is 9.29 Å². The summed E-state index contributed by atoms with van der Waals surface area (Å²) in [5.41, 5.74) is 1.76. The molecule has 2 heterocycles. The summed E-state index contributed by atoms with van der Waals surface area (Å²) in [6.07, 6.45) is 0. The molecule has 2 N–H and O–H groups in total. The maximum Gasteiger partial charge on any atom is 0.294 e. The first-order valence-corrected chi connectivity index (χ1v) is 7.87. The molecule has 0 bridgehead atoms. The van der Waals surface area contributed by atoms with Gasteiger partial charge in [-0.25, -0.2) is 0 Å². The molecule has 1 radical (unpaired) electrons. The van der Waals surface area contributed by atoms with Crippen molar-refractivity contribution in [3.8, 4) is 11.5 Å². The Labute approximate surface area is 154 Å². The predicted octanol–water partition coefficient (Wildman–Crippen LogP) is 1.50. The Kier molecular flexibility index (Phi) is 3.89. The van der Waals surface area contributed by atoms with E-state index in [1.807, 2.05) is 4.90 Å². The molecule has 0 aliphatic carbocycles. The summed E-state index contributed by atoms with van der Waals surface area (Å²) in [7, 11) is -4.31. The third-order valence-electron chi connectivity index (χ3n) is 3.65. The third kappa shape index (κ3) is 2.52. The fourth-order valence-corrected chi connectivity index (χ4v) is 3.17. The molecule has 2 aliphatic heterocycles. The van der Waals surface area contributed by atoms with Gasteiger partial charge >= 0.3 is 0 Å². The van der Waals surface area contributed by atoms with Gasteiger partial charge in [0, 0.05) is 35.6 Å². The van der Waals surface area contributed by atoms with Crippen LogP contribution < -0.4 is 15.0 Å². The Balaban J connectivity index is 0.00000156. The molecule has 0 unspecified atom stereocenters. The van der Waals surface area contributed by atoms with E-state index < -0.39 is 10.1 Å². The van der Waals surface area contributed by atoms with Crippen molar-refractivity contribution in [1.82, 2.24) is 5.32 Å². The van der Waals surface area contributed by atoms with Crippen molar-refractivity contribution in [3.05, 3.63) is 42.0 Å².